The number of hydrogen-bond acceptors (Lipinski definition) is 3. The van der Waals surface area contributed by atoms with Gasteiger partial charge in [-0.3, -0.25) is 9.69 Å². The fourth-order valence-electron chi connectivity index (χ4n) is 2.58. The summed E-state index contributed by atoms with van der Waals surface area (Å²) in [4.78, 5) is 16.3. The second kappa shape index (κ2) is 6.19. The van der Waals surface area contributed by atoms with Gasteiger partial charge in [-0.15, -0.1) is 0 Å². The van der Waals surface area contributed by atoms with Crippen LogP contribution in [0.25, 0.3) is 0 Å². The Morgan fingerprint density at radius 3 is 2.72 bits per heavy atom. The highest BCUT2D eigenvalue weighted by Gasteiger charge is 2.40. The van der Waals surface area contributed by atoms with Crippen molar-refractivity contribution in [3.8, 4) is 6.07 Å². The molecule has 1 aliphatic heterocycles. The van der Waals surface area contributed by atoms with E-state index in [0.717, 1.165) is 32.4 Å². The smallest absolute Gasteiger partial charge is 0.240 e. The molecule has 0 saturated carbocycles. The van der Waals surface area contributed by atoms with Gasteiger partial charge >= 0.3 is 0 Å². The molecular weight excluding hydrogens is 226 g/mol. The zero-order valence-corrected chi connectivity index (χ0v) is 12.1. The van der Waals surface area contributed by atoms with E-state index < -0.39 is 0 Å². The van der Waals surface area contributed by atoms with Gasteiger partial charge in [-0.05, 0) is 33.2 Å². The Morgan fingerprint density at radius 1 is 1.50 bits per heavy atom. The second-order valence-electron chi connectivity index (χ2n) is 5.75. The number of hydrogen-bond donors (Lipinski definition) is 0. The first kappa shape index (κ1) is 15.0. The van der Waals surface area contributed by atoms with Crippen molar-refractivity contribution in [1.29, 1.82) is 5.26 Å². The van der Waals surface area contributed by atoms with Crippen LogP contribution in [0.15, 0.2) is 0 Å². The van der Waals surface area contributed by atoms with E-state index in [1.165, 1.54) is 0 Å². The molecule has 4 nitrogen and oxygen atoms in total. The van der Waals surface area contributed by atoms with E-state index in [2.05, 4.69) is 31.7 Å². The molecule has 0 radical (unpaired) electrons. The van der Waals surface area contributed by atoms with Crippen LogP contribution >= 0.6 is 0 Å². The van der Waals surface area contributed by atoms with E-state index in [9.17, 15) is 4.79 Å². The molecule has 1 heterocycles. The molecule has 0 bridgehead atoms. The molecule has 0 aromatic heterocycles. The minimum atomic E-state index is -0.274. The molecule has 4 heteroatoms. The van der Waals surface area contributed by atoms with Crippen LogP contribution in [0.5, 0.6) is 0 Å². The molecular formula is C14H25N3O. The van der Waals surface area contributed by atoms with Crippen LogP contribution in [0.3, 0.4) is 0 Å². The number of likely N-dealkylation sites (N-methyl/N-ethyl adjacent to an activating group) is 1. The maximum Gasteiger partial charge on any atom is 0.240 e. The van der Waals surface area contributed by atoms with Crippen molar-refractivity contribution in [2.75, 3.05) is 20.1 Å². The molecule has 0 aromatic carbocycles. The fraction of sp³-hybridized carbons (Fsp3) is 0.857. The van der Waals surface area contributed by atoms with Gasteiger partial charge in [-0.1, -0.05) is 13.3 Å². The average molecular weight is 251 g/mol. The van der Waals surface area contributed by atoms with Gasteiger partial charge in [0.25, 0.3) is 0 Å². The number of unbranched alkanes of at least 4 members (excludes halogenated alkanes) is 1. The monoisotopic (exact) mass is 251 g/mol. The van der Waals surface area contributed by atoms with E-state index in [0.29, 0.717) is 0 Å². The molecule has 0 N–H and O–H groups in total. The quantitative estimate of drug-likeness (QED) is 0.768. The summed E-state index contributed by atoms with van der Waals surface area (Å²) in [6, 6.07) is 1.90. The second-order valence-corrected chi connectivity index (χ2v) is 5.75. The van der Waals surface area contributed by atoms with Crippen molar-refractivity contribution >= 4 is 5.91 Å². The first-order valence-electron chi connectivity index (χ1n) is 6.82. The van der Waals surface area contributed by atoms with Gasteiger partial charge in [-0.2, -0.15) is 5.26 Å². The Morgan fingerprint density at radius 2 is 2.17 bits per heavy atom. The zero-order chi connectivity index (χ0) is 13.8. The highest BCUT2D eigenvalue weighted by atomic mass is 16.2. The number of amides is 1. The summed E-state index contributed by atoms with van der Waals surface area (Å²) in [5, 5.41) is 8.98. The van der Waals surface area contributed by atoms with Crippen molar-refractivity contribution in [3.63, 3.8) is 0 Å². The van der Waals surface area contributed by atoms with Crippen molar-refractivity contribution in [1.82, 2.24) is 9.80 Å². The summed E-state index contributed by atoms with van der Waals surface area (Å²) in [5.41, 5.74) is -0.0168. The van der Waals surface area contributed by atoms with Gasteiger partial charge in [0.2, 0.25) is 5.91 Å². The Labute approximate surface area is 111 Å². The SMILES string of the molecule is CCCCN1C(CC#N)C(=O)N(C)CCC1(C)C. The van der Waals surface area contributed by atoms with Crippen LogP contribution in [0.4, 0.5) is 0 Å². The lowest BCUT2D eigenvalue weighted by Crippen LogP contribution is -2.52. The van der Waals surface area contributed by atoms with Gasteiger partial charge in [0.15, 0.2) is 0 Å². The molecule has 1 fully saturated rings. The maximum atomic E-state index is 12.3. The standard InChI is InChI=1S/C14H25N3O/c1-5-6-10-17-12(7-9-15)13(18)16(4)11-8-14(17,2)3/h12H,5-8,10-11H2,1-4H3. The van der Waals surface area contributed by atoms with Crippen LogP contribution in [0.2, 0.25) is 0 Å². The van der Waals surface area contributed by atoms with Crippen molar-refractivity contribution < 1.29 is 4.79 Å². The van der Waals surface area contributed by atoms with E-state index in [4.69, 9.17) is 5.26 Å². The lowest BCUT2D eigenvalue weighted by Gasteiger charge is -2.40. The van der Waals surface area contributed by atoms with Crippen LogP contribution in [-0.4, -0.2) is 47.4 Å². The molecule has 1 aliphatic rings. The predicted octanol–water partition coefficient (Wildman–Crippen LogP) is 2.01. The summed E-state index contributed by atoms with van der Waals surface area (Å²) in [6.45, 7) is 8.18. The van der Waals surface area contributed by atoms with Gasteiger partial charge in [-0.25, -0.2) is 0 Å². The molecule has 1 unspecified atom stereocenters. The third-order valence-corrected chi connectivity index (χ3v) is 3.91. The molecule has 1 amide bonds. The van der Waals surface area contributed by atoms with Gasteiger partial charge < -0.3 is 4.90 Å². The van der Waals surface area contributed by atoms with E-state index in [1.807, 2.05) is 7.05 Å². The van der Waals surface area contributed by atoms with Crippen LogP contribution in [0, 0.1) is 11.3 Å². The number of carbonyl (C=O) groups is 1. The topological polar surface area (TPSA) is 47.3 Å². The largest absolute Gasteiger partial charge is 0.344 e. The number of rotatable bonds is 4. The Balaban J connectivity index is 2.99. The third kappa shape index (κ3) is 3.23. The molecule has 1 atom stereocenters. The van der Waals surface area contributed by atoms with Gasteiger partial charge in [0.1, 0.15) is 6.04 Å². The van der Waals surface area contributed by atoms with Crippen LogP contribution in [-0.2, 0) is 4.79 Å². The van der Waals surface area contributed by atoms with Crippen LogP contribution in [0.1, 0.15) is 46.5 Å². The van der Waals surface area contributed by atoms with E-state index in [-0.39, 0.29) is 23.9 Å². The normalized spacial score (nSPS) is 24.7. The molecule has 1 saturated heterocycles. The minimum absolute atomic E-state index is 0.0168. The minimum Gasteiger partial charge on any atom is -0.344 e. The van der Waals surface area contributed by atoms with Crippen molar-refractivity contribution in [3.05, 3.63) is 0 Å². The summed E-state index contributed by atoms with van der Waals surface area (Å²) < 4.78 is 0. The van der Waals surface area contributed by atoms with Gasteiger partial charge in [0, 0.05) is 19.1 Å². The Kier molecular flexibility index (Phi) is 5.15. The average Bonchev–Trinajstić information content (AvgIpc) is 2.40. The van der Waals surface area contributed by atoms with Gasteiger partial charge in [0.05, 0.1) is 12.5 Å². The third-order valence-electron chi connectivity index (χ3n) is 3.91. The first-order valence-corrected chi connectivity index (χ1v) is 6.82. The molecule has 0 aromatic rings. The molecule has 0 aliphatic carbocycles. The van der Waals surface area contributed by atoms with Crippen LogP contribution < -0.4 is 0 Å². The Hall–Kier alpha value is -1.08. The highest BCUT2D eigenvalue weighted by Crippen LogP contribution is 2.28. The number of nitrogens with zero attached hydrogens (tertiary/aromatic N) is 3. The lowest BCUT2D eigenvalue weighted by molar-refractivity contribution is -0.135. The van der Waals surface area contributed by atoms with Crippen molar-refractivity contribution in [2.45, 2.75) is 58.0 Å². The number of nitriles is 1. The lowest BCUT2D eigenvalue weighted by atomic mass is 9.95. The maximum absolute atomic E-state index is 12.3. The first-order chi connectivity index (χ1) is 8.44. The summed E-state index contributed by atoms with van der Waals surface area (Å²) in [6.07, 6.45) is 3.43. The Bertz CT molecular complexity index is 332. The highest BCUT2D eigenvalue weighted by molar-refractivity contribution is 5.82. The van der Waals surface area contributed by atoms with E-state index in [1.54, 1.807) is 4.90 Å². The molecule has 1 rings (SSSR count). The number of carbonyl (C=O) groups excluding carboxylic acids is 1. The fourth-order valence-corrected chi connectivity index (χ4v) is 2.58. The molecule has 102 valence electrons. The zero-order valence-electron chi connectivity index (χ0n) is 12.1. The predicted molar refractivity (Wildman–Crippen MR) is 72.0 cm³/mol. The summed E-state index contributed by atoms with van der Waals surface area (Å²) >= 11 is 0. The molecule has 18 heavy (non-hydrogen) atoms. The molecule has 0 spiro atoms. The van der Waals surface area contributed by atoms with E-state index >= 15 is 0 Å². The summed E-state index contributed by atoms with van der Waals surface area (Å²) in [7, 11) is 1.84. The van der Waals surface area contributed by atoms with Crippen molar-refractivity contribution in [2.24, 2.45) is 0 Å². The summed E-state index contributed by atoms with van der Waals surface area (Å²) in [5.74, 6) is 0.0956.